The fourth-order valence-electron chi connectivity index (χ4n) is 2.92. The number of likely N-dealkylation sites (tertiary alicyclic amines) is 1. The summed E-state index contributed by atoms with van der Waals surface area (Å²) in [6.45, 7) is 2.45. The Morgan fingerprint density at radius 3 is 2.91 bits per heavy atom. The standard InChI is InChI=1S/C16H17ClN2O3/c1-16(15(21)22)4-5-19(9-16)14(20)6-10-8-18-13-3-2-11(17)7-12(10)13/h2-3,7-8,18H,4-6,9H2,1H3,(H,21,22). The van der Waals surface area contributed by atoms with Crippen LogP contribution in [0.3, 0.4) is 0 Å². The van der Waals surface area contributed by atoms with E-state index < -0.39 is 11.4 Å². The number of aliphatic carboxylic acids is 1. The van der Waals surface area contributed by atoms with Gasteiger partial charge in [-0.25, -0.2) is 0 Å². The molecule has 1 aliphatic heterocycles. The van der Waals surface area contributed by atoms with Gasteiger partial charge in [-0.3, -0.25) is 9.59 Å². The smallest absolute Gasteiger partial charge is 0.311 e. The lowest BCUT2D eigenvalue weighted by Crippen LogP contribution is -2.35. The number of aromatic amines is 1. The highest BCUT2D eigenvalue weighted by Crippen LogP contribution is 2.31. The highest BCUT2D eigenvalue weighted by molar-refractivity contribution is 6.31. The zero-order valence-electron chi connectivity index (χ0n) is 12.2. The molecule has 1 saturated heterocycles. The molecule has 3 rings (SSSR count). The van der Waals surface area contributed by atoms with E-state index in [4.69, 9.17) is 11.6 Å². The van der Waals surface area contributed by atoms with E-state index in [-0.39, 0.29) is 18.9 Å². The Labute approximate surface area is 132 Å². The second-order valence-electron chi connectivity index (χ2n) is 6.11. The normalized spacial score (nSPS) is 21.5. The van der Waals surface area contributed by atoms with Crippen LogP contribution in [0.15, 0.2) is 24.4 Å². The van der Waals surface area contributed by atoms with Gasteiger partial charge in [0.1, 0.15) is 0 Å². The zero-order chi connectivity index (χ0) is 15.9. The fourth-order valence-corrected chi connectivity index (χ4v) is 3.09. The molecule has 1 aromatic heterocycles. The molecule has 1 aromatic carbocycles. The summed E-state index contributed by atoms with van der Waals surface area (Å²) in [5, 5.41) is 10.8. The maximum atomic E-state index is 12.4. The van der Waals surface area contributed by atoms with Gasteiger partial charge in [0.2, 0.25) is 5.91 Å². The SMILES string of the molecule is CC1(C(=O)O)CCN(C(=O)Cc2c[nH]c3ccc(Cl)cc23)C1. The number of carboxylic acids is 1. The molecule has 1 amide bonds. The lowest BCUT2D eigenvalue weighted by molar-refractivity contribution is -0.147. The first-order chi connectivity index (χ1) is 10.4. The van der Waals surface area contributed by atoms with Crippen molar-refractivity contribution in [2.24, 2.45) is 5.41 Å². The molecule has 0 radical (unpaired) electrons. The van der Waals surface area contributed by atoms with Crippen molar-refractivity contribution < 1.29 is 14.7 Å². The average molecular weight is 321 g/mol. The third kappa shape index (κ3) is 2.57. The highest BCUT2D eigenvalue weighted by Gasteiger charge is 2.41. The van der Waals surface area contributed by atoms with Gasteiger partial charge >= 0.3 is 5.97 Å². The predicted molar refractivity (Wildman–Crippen MR) is 84.0 cm³/mol. The van der Waals surface area contributed by atoms with Crippen LogP contribution in [0, 0.1) is 5.41 Å². The van der Waals surface area contributed by atoms with Gasteiger partial charge in [-0.2, -0.15) is 0 Å². The van der Waals surface area contributed by atoms with Gasteiger partial charge in [0.15, 0.2) is 0 Å². The lowest BCUT2D eigenvalue weighted by atomic mass is 9.90. The molecule has 2 aromatic rings. The highest BCUT2D eigenvalue weighted by atomic mass is 35.5. The minimum Gasteiger partial charge on any atom is -0.481 e. The van der Waals surface area contributed by atoms with Crippen molar-refractivity contribution in [2.75, 3.05) is 13.1 Å². The summed E-state index contributed by atoms with van der Waals surface area (Å²) in [4.78, 5) is 28.5. The van der Waals surface area contributed by atoms with Crippen molar-refractivity contribution >= 4 is 34.4 Å². The molecule has 1 aliphatic rings. The number of rotatable bonds is 3. The van der Waals surface area contributed by atoms with E-state index in [0.29, 0.717) is 18.0 Å². The summed E-state index contributed by atoms with van der Waals surface area (Å²) in [6.07, 6.45) is 2.55. The van der Waals surface area contributed by atoms with Crippen LogP contribution in [0.1, 0.15) is 18.9 Å². The summed E-state index contributed by atoms with van der Waals surface area (Å²) in [6, 6.07) is 5.51. The molecule has 2 heterocycles. The van der Waals surface area contributed by atoms with E-state index >= 15 is 0 Å². The van der Waals surface area contributed by atoms with Crippen LogP contribution < -0.4 is 0 Å². The number of amides is 1. The molecule has 1 fully saturated rings. The molecule has 6 heteroatoms. The van der Waals surface area contributed by atoms with E-state index in [1.54, 1.807) is 17.9 Å². The van der Waals surface area contributed by atoms with Crippen molar-refractivity contribution in [3.05, 3.63) is 35.0 Å². The summed E-state index contributed by atoms with van der Waals surface area (Å²) in [5.74, 6) is -0.896. The van der Waals surface area contributed by atoms with E-state index in [9.17, 15) is 14.7 Å². The molecule has 116 valence electrons. The number of hydrogen-bond acceptors (Lipinski definition) is 2. The quantitative estimate of drug-likeness (QED) is 0.913. The van der Waals surface area contributed by atoms with Crippen LogP contribution in [-0.2, 0) is 16.0 Å². The largest absolute Gasteiger partial charge is 0.481 e. The zero-order valence-corrected chi connectivity index (χ0v) is 13.0. The van der Waals surface area contributed by atoms with Crippen LogP contribution >= 0.6 is 11.6 Å². The Morgan fingerprint density at radius 1 is 1.45 bits per heavy atom. The summed E-state index contributed by atoms with van der Waals surface area (Å²) >= 11 is 6.01. The van der Waals surface area contributed by atoms with Crippen LogP contribution in [0.25, 0.3) is 10.9 Å². The molecular formula is C16H17ClN2O3. The summed E-state index contributed by atoms with van der Waals surface area (Å²) < 4.78 is 0. The summed E-state index contributed by atoms with van der Waals surface area (Å²) in [7, 11) is 0. The van der Waals surface area contributed by atoms with Crippen molar-refractivity contribution in [3.8, 4) is 0 Å². The Morgan fingerprint density at radius 2 is 2.23 bits per heavy atom. The Bertz CT molecular complexity index is 755. The van der Waals surface area contributed by atoms with E-state index in [0.717, 1.165) is 16.5 Å². The van der Waals surface area contributed by atoms with Gasteiger partial charge in [-0.15, -0.1) is 0 Å². The second-order valence-corrected chi connectivity index (χ2v) is 6.55. The number of nitrogens with one attached hydrogen (secondary N) is 1. The third-order valence-electron chi connectivity index (χ3n) is 4.41. The van der Waals surface area contributed by atoms with Gasteiger partial charge < -0.3 is 15.0 Å². The first-order valence-corrected chi connectivity index (χ1v) is 7.53. The van der Waals surface area contributed by atoms with E-state index in [2.05, 4.69) is 4.98 Å². The number of benzene rings is 1. The minimum absolute atomic E-state index is 0.0501. The van der Waals surface area contributed by atoms with E-state index in [1.165, 1.54) is 0 Å². The number of hydrogen-bond donors (Lipinski definition) is 2. The topological polar surface area (TPSA) is 73.4 Å². The first kappa shape index (κ1) is 14.9. The maximum absolute atomic E-state index is 12.4. The average Bonchev–Trinajstić information content (AvgIpc) is 3.04. The Hall–Kier alpha value is -2.01. The van der Waals surface area contributed by atoms with Crippen molar-refractivity contribution in [1.29, 1.82) is 0 Å². The number of halogens is 1. The first-order valence-electron chi connectivity index (χ1n) is 7.16. The van der Waals surface area contributed by atoms with Gasteiger partial charge in [0.25, 0.3) is 0 Å². The van der Waals surface area contributed by atoms with E-state index in [1.807, 2.05) is 18.3 Å². The lowest BCUT2D eigenvalue weighted by Gasteiger charge is -2.20. The van der Waals surface area contributed by atoms with Crippen molar-refractivity contribution in [2.45, 2.75) is 19.8 Å². The minimum atomic E-state index is -0.846. The molecule has 0 spiro atoms. The van der Waals surface area contributed by atoms with Crippen LogP contribution in [-0.4, -0.2) is 40.0 Å². The van der Waals surface area contributed by atoms with Crippen LogP contribution in [0.5, 0.6) is 0 Å². The molecule has 1 atom stereocenters. The second kappa shape index (κ2) is 5.32. The van der Waals surface area contributed by atoms with Crippen molar-refractivity contribution in [1.82, 2.24) is 9.88 Å². The Balaban J connectivity index is 1.77. The molecular weight excluding hydrogens is 304 g/mol. The van der Waals surface area contributed by atoms with Gasteiger partial charge in [-0.1, -0.05) is 11.6 Å². The third-order valence-corrected chi connectivity index (χ3v) is 4.65. The van der Waals surface area contributed by atoms with Crippen LogP contribution in [0.2, 0.25) is 5.02 Å². The monoisotopic (exact) mass is 320 g/mol. The maximum Gasteiger partial charge on any atom is 0.311 e. The molecule has 0 saturated carbocycles. The number of aromatic nitrogens is 1. The predicted octanol–water partition coefficient (Wildman–Crippen LogP) is 2.69. The van der Waals surface area contributed by atoms with Gasteiger partial charge in [0.05, 0.1) is 11.8 Å². The number of nitrogens with zero attached hydrogens (tertiary/aromatic N) is 1. The fraction of sp³-hybridized carbons (Fsp3) is 0.375. The molecule has 5 nitrogen and oxygen atoms in total. The number of carboxylic acid groups (broad SMARTS) is 1. The van der Waals surface area contributed by atoms with Crippen molar-refractivity contribution in [3.63, 3.8) is 0 Å². The van der Waals surface area contributed by atoms with Gasteiger partial charge in [-0.05, 0) is 37.1 Å². The number of fused-ring (bicyclic) bond motifs is 1. The number of carbonyl (C=O) groups is 2. The number of H-pyrrole nitrogens is 1. The molecule has 0 bridgehead atoms. The molecule has 2 N–H and O–H groups in total. The molecule has 22 heavy (non-hydrogen) atoms. The Kier molecular flexibility index (Phi) is 3.60. The molecule has 0 aliphatic carbocycles. The number of carbonyl (C=O) groups excluding carboxylic acids is 1. The molecule has 1 unspecified atom stereocenters. The van der Waals surface area contributed by atoms with Gasteiger partial charge in [0, 0.05) is 35.2 Å². The summed E-state index contributed by atoms with van der Waals surface area (Å²) in [5.41, 5.74) is 0.981. The van der Waals surface area contributed by atoms with Crippen LogP contribution in [0.4, 0.5) is 0 Å².